The maximum Gasteiger partial charge on any atom is 0.409 e. The highest BCUT2D eigenvalue weighted by atomic mass is 16.6. The number of hydrogen-bond acceptors (Lipinski definition) is 6. The standard InChI is InChI=1S/C16H24N4O5/c1-4-24-16(23)19-7-5-13(6-8-19)20(12(3)21)10-15(22)17-14-9-11(2)25-18-14/h9,13H,4-8,10H2,1-3H3,(H,17,18,22). The number of carbonyl (C=O) groups excluding carboxylic acids is 3. The van der Waals surface area contributed by atoms with Gasteiger partial charge in [0.1, 0.15) is 12.3 Å². The van der Waals surface area contributed by atoms with Crippen LogP contribution in [0.15, 0.2) is 10.6 Å². The monoisotopic (exact) mass is 352 g/mol. The fourth-order valence-electron chi connectivity index (χ4n) is 2.83. The second kappa shape index (κ2) is 8.50. The van der Waals surface area contributed by atoms with E-state index in [2.05, 4.69) is 10.5 Å². The first-order valence-electron chi connectivity index (χ1n) is 8.32. The van der Waals surface area contributed by atoms with Crippen LogP contribution >= 0.6 is 0 Å². The Morgan fingerprint density at radius 3 is 2.60 bits per heavy atom. The van der Waals surface area contributed by atoms with Gasteiger partial charge in [-0.1, -0.05) is 5.16 Å². The zero-order chi connectivity index (χ0) is 18.4. The number of aromatic nitrogens is 1. The van der Waals surface area contributed by atoms with Gasteiger partial charge in [-0.25, -0.2) is 4.79 Å². The fraction of sp³-hybridized carbons (Fsp3) is 0.625. The summed E-state index contributed by atoms with van der Waals surface area (Å²) in [5.41, 5.74) is 0. The van der Waals surface area contributed by atoms with Crippen LogP contribution < -0.4 is 5.32 Å². The van der Waals surface area contributed by atoms with E-state index in [1.165, 1.54) is 11.8 Å². The van der Waals surface area contributed by atoms with Crippen molar-refractivity contribution >= 4 is 23.7 Å². The molecule has 0 saturated carbocycles. The molecule has 2 rings (SSSR count). The van der Waals surface area contributed by atoms with Crippen molar-refractivity contribution in [2.45, 2.75) is 39.7 Å². The maximum absolute atomic E-state index is 12.2. The minimum atomic E-state index is -0.338. The molecule has 9 nitrogen and oxygen atoms in total. The minimum absolute atomic E-state index is 0.0642. The molecule has 9 heteroatoms. The summed E-state index contributed by atoms with van der Waals surface area (Å²) in [7, 11) is 0. The number of nitrogens with zero attached hydrogens (tertiary/aromatic N) is 3. The number of amides is 3. The van der Waals surface area contributed by atoms with E-state index in [1.54, 1.807) is 24.8 Å². The van der Waals surface area contributed by atoms with Crippen molar-refractivity contribution in [1.29, 1.82) is 0 Å². The van der Waals surface area contributed by atoms with Gasteiger partial charge >= 0.3 is 6.09 Å². The SMILES string of the molecule is CCOC(=O)N1CCC(N(CC(=O)Nc2cc(C)on2)C(C)=O)CC1. The number of nitrogens with one attached hydrogen (secondary N) is 1. The number of rotatable bonds is 5. The van der Waals surface area contributed by atoms with Gasteiger partial charge in [-0.05, 0) is 26.7 Å². The first-order valence-corrected chi connectivity index (χ1v) is 8.32. The van der Waals surface area contributed by atoms with Gasteiger partial charge in [0.2, 0.25) is 11.8 Å². The second-order valence-electron chi connectivity index (χ2n) is 5.94. The predicted octanol–water partition coefficient (Wildman–Crippen LogP) is 1.39. The number of likely N-dealkylation sites (tertiary alicyclic amines) is 1. The molecule has 0 radical (unpaired) electrons. The highest BCUT2D eigenvalue weighted by molar-refractivity contribution is 5.93. The highest BCUT2D eigenvalue weighted by Crippen LogP contribution is 2.18. The average molecular weight is 352 g/mol. The Labute approximate surface area is 146 Å². The van der Waals surface area contributed by atoms with E-state index in [0.29, 0.717) is 44.1 Å². The summed E-state index contributed by atoms with van der Waals surface area (Å²) in [6.45, 7) is 6.18. The molecule has 1 fully saturated rings. The van der Waals surface area contributed by atoms with Crippen LogP contribution in [0.2, 0.25) is 0 Å². The van der Waals surface area contributed by atoms with E-state index in [4.69, 9.17) is 9.26 Å². The van der Waals surface area contributed by atoms with Gasteiger partial charge in [0.15, 0.2) is 5.82 Å². The molecule has 1 aliphatic rings. The summed E-state index contributed by atoms with van der Waals surface area (Å²) in [6, 6.07) is 1.52. The zero-order valence-electron chi connectivity index (χ0n) is 14.8. The molecule has 0 bridgehead atoms. The van der Waals surface area contributed by atoms with Crippen LogP contribution in [0.5, 0.6) is 0 Å². The van der Waals surface area contributed by atoms with Crippen molar-refractivity contribution < 1.29 is 23.6 Å². The van der Waals surface area contributed by atoms with E-state index in [1.807, 2.05) is 0 Å². The molecule has 1 saturated heterocycles. The maximum atomic E-state index is 12.2. The molecule has 0 atom stereocenters. The Kier molecular flexibility index (Phi) is 6.37. The van der Waals surface area contributed by atoms with Gasteiger partial charge in [-0.3, -0.25) is 9.59 Å². The van der Waals surface area contributed by atoms with Crippen LogP contribution in [0, 0.1) is 6.92 Å². The third-order valence-electron chi connectivity index (χ3n) is 4.05. The Bertz CT molecular complexity index is 622. The molecule has 25 heavy (non-hydrogen) atoms. The van der Waals surface area contributed by atoms with Crippen LogP contribution in [0.25, 0.3) is 0 Å². The van der Waals surface area contributed by atoms with Gasteiger partial charge < -0.3 is 24.4 Å². The highest BCUT2D eigenvalue weighted by Gasteiger charge is 2.30. The molecular weight excluding hydrogens is 328 g/mol. The van der Waals surface area contributed by atoms with Crippen molar-refractivity contribution in [3.63, 3.8) is 0 Å². The van der Waals surface area contributed by atoms with Crippen molar-refractivity contribution in [3.05, 3.63) is 11.8 Å². The van der Waals surface area contributed by atoms with Crippen molar-refractivity contribution in [2.24, 2.45) is 0 Å². The van der Waals surface area contributed by atoms with E-state index >= 15 is 0 Å². The number of hydrogen-bond donors (Lipinski definition) is 1. The van der Waals surface area contributed by atoms with Crippen molar-refractivity contribution in [2.75, 3.05) is 31.6 Å². The van der Waals surface area contributed by atoms with Gasteiger partial charge in [0.25, 0.3) is 0 Å². The molecule has 0 spiro atoms. The lowest BCUT2D eigenvalue weighted by atomic mass is 10.0. The molecule has 1 aliphatic heterocycles. The lowest BCUT2D eigenvalue weighted by molar-refractivity contribution is -0.136. The lowest BCUT2D eigenvalue weighted by Crippen LogP contribution is -2.50. The summed E-state index contributed by atoms with van der Waals surface area (Å²) >= 11 is 0. The molecule has 138 valence electrons. The summed E-state index contributed by atoms with van der Waals surface area (Å²) in [6.07, 6.45) is 0.873. The van der Waals surface area contributed by atoms with Gasteiger partial charge in [0.05, 0.1) is 6.61 Å². The third kappa shape index (κ3) is 5.20. The lowest BCUT2D eigenvalue weighted by Gasteiger charge is -2.37. The molecule has 1 aromatic heterocycles. The zero-order valence-corrected chi connectivity index (χ0v) is 14.8. The summed E-state index contributed by atoms with van der Waals surface area (Å²) < 4.78 is 9.88. The third-order valence-corrected chi connectivity index (χ3v) is 4.05. The van der Waals surface area contributed by atoms with E-state index in [0.717, 1.165) is 0 Å². The van der Waals surface area contributed by atoms with E-state index < -0.39 is 0 Å². The van der Waals surface area contributed by atoms with Gasteiger partial charge in [0, 0.05) is 32.1 Å². The predicted molar refractivity (Wildman–Crippen MR) is 88.9 cm³/mol. The van der Waals surface area contributed by atoms with Crippen LogP contribution in [0.4, 0.5) is 10.6 Å². The topological polar surface area (TPSA) is 105 Å². The smallest absolute Gasteiger partial charge is 0.409 e. The molecule has 1 N–H and O–H groups in total. The Balaban J connectivity index is 1.89. The quantitative estimate of drug-likeness (QED) is 0.858. The van der Waals surface area contributed by atoms with Crippen LogP contribution in [0.3, 0.4) is 0 Å². The summed E-state index contributed by atoms with van der Waals surface area (Å²) in [4.78, 5) is 39.0. The van der Waals surface area contributed by atoms with Gasteiger partial charge in [-0.2, -0.15) is 0 Å². The molecule has 1 aromatic rings. The molecule has 0 aromatic carbocycles. The summed E-state index contributed by atoms with van der Waals surface area (Å²) in [5.74, 6) is 0.394. The largest absolute Gasteiger partial charge is 0.450 e. The number of carbonyl (C=O) groups is 3. The van der Waals surface area contributed by atoms with Crippen LogP contribution in [-0.4, -0.2) is 65.1 Å². The Morgan fingerprint density at radius 2 is 2.08 bits per heavy atom. The van der Waals surface area contributed by atoms with Gasteiger partial charge in [-0.15, -0.1) is 0 Å². The Hall–Kier alpha value is -2.58. The molecule has 0 aliphatic carbocycles. The van der Waals surface area contributed by atoms with Crippen LogP contribution in [-0.2, 0) is 14.3 Å². The number of aryl methyl sites for hydroxylation is 1. The minimum Gasteiger partial charge on any atom is -0.450 e. The normalized spacial score (nSPS) is 14.9. The number of ether oxygens (including phenoxy) is 1. The average Bonchev–Trinajstić information content (AvgIpc) is 2.97. The second-order valence-corrected chi connectivity index (χ2v) is 5.94. The molecule has 2 heterocycles. The van der Waals surface area contributed by atoms with Crippen LogP contribution in [0.1, 0.15) is 32.4 Å². The first-order chi connectivity index (χ1) is 11.9. The number of anilines is 1. The molecule has 3 amide bonds. The van der Waals surface area contributed by atoms with E-state index in [9.17, 15) is 14.4 Å². The van der Waals surface area contributed by atoms with Crippen molar-refractivity contribution in [3.8, 4) is 0 Å². The fourth-order valence-corrected chi connectivity index (χ4v) is 2.83. The molecular formula is C16H24N4O5. The first kappa shape index (κ1) is 18.8. The molecule has 0 unspecified atom stereocenters. The summed E-state index contributed by atoms with van der Waals surface area (Å²) in [5, 5.41) is 6.31. The Morgan fingerprint density at radius 1 is 1.40 bits per heavy atom. The van der Waals surface area contributed by atoms with E-state index in [-0.39, 0.29) is 30.5 Å². The number of piperidine rings is 1. The van der Waals surface area contributed by atoms with Crippen molar-refractivity contribution in [1.82, 2.24) is 15.0 Å².